The third-order valence-corrected chi connectivity index (χ3v) is 5.42. The van der Waals surface area contributed by atoms with Gasteiger partial charge in [0.2, 0.25) is 0 Å². The summed E-state index contributed by atoms with van der Waals surface area (Å²) in [4.78, 5) is 0. The predicted molar refractivity (Wildman–Crippen MR) is 125 cm³/mol. The van der Waals surface area contributed by atoms with Crippen LogP contribution in [0.1, 0.15) is 29.7 Å². The zero-order valence-electron chi connectivity index (χ0n) is 18.4. The second-order valence-corrected chi connectivity index (χ2v) is 7.88. The molecule has 3 aromatic carbocycles. The van der Waals surface area contributed by atoms with Gasteiger partial charge >= 0.3 is 0 Å². The van der Waals surface area contributed by atoms with Crippen molar-refractivity contribution in [2.75, 3.05) is 6.61 Å². The van der Waals surface area contributed by atoms with Crippen LogP contribution in [0.25, 0.3) is 0 Å². The highest BCUT2D eigenvalue weighted by Gasteiger charge is 2.30. The zero-order chi connectivity index (χ0) is 22.0. The number of ether oxygens (including phenoxy) is 4. The van der Waals surface area contributed by atoms with Gasteiger partial charge in [0.25, 0.3) is 0 Å². The molecule has 0 saturated carbocycles. The predicted octanol–water partition coefficient (Wildman–Crippen LogP) is 5.85. The van der Waals surface area contributed by atoms with E-state index in [1.807, 2.05) is 73.7 Å². The molecule has 0 bridgehead atoms. The molecule has 1 heterocycles. The SMILES string of the molecule is CC(O[C@@H]1C=C[C@H](OCc2ccccc2)[C@@H](COCc2ccccc2)O1)c1ccccc1. The molecule has 166 valence electrons. The molecule has 1 aliphatic heterocycles. The monoisotopic (exact) mass is 430 g/mol. The molecule has 0 saturated heterocycles. The number of benzene rings is 3. The molecular weight excluding hydrogens is 400 g/mol. The summed E-state index contributed by atoms with van der Waals surface area (Å²) in [5.41, 5.74) is 3.37. The Morgan fingerprint density at radius 3 is 2.00 bits per heavy atom. The highest BCUT2D eigenvalue weighted by molar-refractivity contribution is 5.17. The van der Waals surface area contributed by atoms with E-state index in [1.165, 1.54) is 0 Å². The molecule has 4 rings (SSSR count). The van der Waals surface area contributed by atoms with Crippen molar-refractivity contribution in [1.82, 2.24) is 0 Å². The number of rotatable bonds is 10. The molecule has 1 aliphatic rings. The summed E-state index contributed by atoms with van der Waals surface area (Å²) in [6, 6.07) is 30.4. The van der Waals surface area contributed by atoms with Gasteiger partial charge in [-0.3, -0.25) is 0 Å². The van der Waals surface area contributed by atoms with Crippen LogP contribution < -0.4 is 0 Å². The lowest BCUT2D eigenvalue weighted by molar-refractivity contribution is -0.209. The largest absolute Gasteiger partial charge is 0.374 e. The second kappa shape index (κ2) is 11.7. The molecule has 0 fully saturated rings. The van der Waals surface area contributed by atoms with E-state index < -0.39 is 6.29 Å². The van der Waals surface area contributed by atoms with E-state index in [0.29, 0.717) is 19.8 Å². The fraction of sp³-hybridized carbons (Fsp3) is 0.286. The smallest absolute Gasteiger partial charge is 0.178 e. The van der Waals surface area contributed by atoms with Crippen molar-refractivity contribution in [3.63, 3.8) is 0 Å². The van der Waals surface area contributed by atoms with Gasteiger partial charge in [0.1, 0.15) is 12.2 Å². The summed E-state index contributed by atoms with van der Waals surface area (Å²) in [7, 11) is 0. The van der Waals surface area contributed by atoms with Crippen molar-refractivity contribution in [2.24, 2.45) is 0 Å². The molecule has 0 radical (unpaired) electrons. The summed E-state index contributed by atoms with van der Waals surface area (Å²) >= 11 is 0. The average molecular weight is 431 g/mol. The van der Waals surface area contributed by atoms with Crippen LogP contribution in [0.2, 0.25) is 0 Å². The Hall–Kier alpha value is -2.76. The first-order valence-electron chi connectivity index (χ1n) is 11.1. The fourth-order valence-electron chi connectivity index (χ4n) is 3.63. The van der Waals surface area contributed by atoms with Crippen LogP contribution in [0, 0.1) is 0 Å². The lowest BCUT2D eigenvalue weighted by atomic mass is 10.1. The maximum absolute atomic E-state index is 6.26. The Morgan fingerprint density at radius 1 is 0.750 bits per heavy atom. The first kappa shape index (κ1) is 22.4. The lowest BCUT2D eigenvalue weighted by Gasteiger charge is -2.33. The normalized spacial score (nSPS) is 21.3. The van der Waals surface area contributed by atoms with Crippen molar-refractivity contribution in [1.29, 1.82) is 0 Å². The highest BCUT2D eigenvalue weighted by atomic mass is 16.7. The molecule has 0 aliphatic carbocycles. The van der Waals surface area contributed by atoms with Gasteiger partial charge < -0.3 is 18.9 Å². The van der Waals surface area contributed by atoms with E-state index in [-0.39, 0.29) is 18.3 Å². The Morgan fingerprint density at radius 2 is 1.34 bits per heavy atom. The van der Waals surface area contributed by atoms with E-state index in [2.05, 4.69) is 36.4 Å². The minimum absolute atomic E-state index is 0.0847. The first-order chi connectivity index (χ1) is 15.8. The molecule has 0 N–H and O–H groups in total. The van der Waals surface area contributed by atoms with Crippen molar-refractivity contribution in [2.45, 2.75) is 44.7 Å². The highest BCUT2D eigenvalue weighted by Crippen LogP contribution is 2.24. The topological polar surface area (TPSA) is 36.9 Å². The van der Waals surface area contributed by atoms with Crippen LogP contribution in [0.5, 0.6) is 0 Å². The molecule has 0 spiro atoms. The van der Waals surface area contributed by atoms with Crippen molar-refractivity contribution in [3.8, 4) is 0 Å². The molecular formula is C28H30O4. The summed E-state index contributed by atoms with van der Waals surface area (Å²) in [6.07, 6.45) is 2.96. The average Bonchev–Trinajstić information content (AvgIpc) is 2.85. The van der Waals surface area contributed by atoms with Crippen LogP contribution in [-0.4, -0.2) is 25.1 Å². The van der Waals surface area contributed by atoms with E-state index in [9.17, 15) is 0 Å². The summed E-state index contributed by atoms with van der Waals surface area (Å²) in [6.45, 7) is 3.49. The third-order valence-electron chi connectivity index (χ3n) is 5.42. The summed E-state index contributed by atoms with van der Waals surface area (Å²) in [5, 5.41) is 0. The van der Waals surface area contributed by atoms with Crippen LogP contribution in [0.15, 0.2) is 103 Å². The van der Waals surface area contributed by atoms with Gasteiger partial charge in [-0.1, -0.05) is 97.1 Å². The maximum atomic E-state index is 6.26. The standard InChI is InChI=1S/C28H30O4/c1-22(25-15-9-4-10-16-25)31-28-18-17-26(30-20-24-13-7-3-8-14-24)27(32-28)21-29-19-23-11-5-2-6-12-23/h2-18,22,26-28H,19-21H2,1H3/t22?,26-,27+,28-/m0/s1. The van der Waals surface area contributed by atoms with E-state index in [1.54, 1.807) is 0 Å². The fourth-order valence-corrected chi connectivity index (χ4v) is 3.63. The van der Waals surface area contributed by atoms with Crippen molar-refractivity contribution < 1.29 is 18.9 Å². The van der Waals surface area contributed by atoms with Crippen LogP contribution >= 0.6 is 0 Å². The zero-order valence-corrected chi connectivity index (χ0v) is 18.4. The van der Waals surface area contributed by atoms with Gasteiger partial charge in [-0.05, 0) is 29.7 Å². The van der Waals surface area contributed by atoms with Crippen LogP contribution in [0.4, 0.5) is 0 Å². The van der Waals surface area contributed by atoms with Gasteiger partial charge in [-0.2, -0.15) is 0 Å². The Kier molecular flexibility index (Phi) is 8.23. The van der Waals surface area contributed by atoms with Gasteiger partial charge in [-0.15, -0.1) is 0 Å². The third kappa shape index (κ3) is 6.62. The van der Waals surface area contributed by atoms with Crippen molar-refractivity contribution in [3.05, 3.63) is 120 Å². The van der Waals surface area contributed by atoms with Gasteiger partial charge in [0.05, 0.1) is 25.9 Å². The molecule has 0 aromatic heterocycles. The Bertz CT molecular complexity index is 943. The number of hydrogen-bond donors (Lipinski definition) is 0. The molecule has 4 heteroatoms. The minimum atomic E-state index is -0.452. The molecule has 1 unspecified atom stereocenters. The quantitative estimate of drug-likeness (QED) is 0.378. The van der Waals surface area contributed by atoms with Crippen LogP contribution in [-0.2, 0) is 32.2 Å². The molecule has 3 aromatic rings. The van der Waals surface area contributed by atoms with E-state index >= 15 is 0 Å². The van der Waals surface area contributed by atoms with E-state index in [0.717, 1.165) is 16.7 Å². The Balaban J connectivity index is 1.38. The molecule has 4 atom stereocenters. The lowest BCUT2D eigenvalue weighted by Crippen LogP contribution is -2.41. The van der Waals surface area contributed by atoms with Gasteiger partial charge in [0, 0.05) is 0 Å². The maximum Gasteiger partial charge on any atom is 0.178 e. The van der Waals surface area contributed by atoms with Gasteiger partial charge in [0.15, 0.2) is 6.29 Å². The second-order valence-electron chi connectivity index (χ2n) is 7.88. The summed E-state index contributed by atoms with van der Waals surface area (Å²) in [5.74, 6) is 0. The van der Waals surface area contributed by atoms with Gasteiger partial charge in [-0.25, -0.2) is 0 Å². The van der Waals surface area contributed by atoms with Crippen molar-refractivity contribution >= 4 is 0 Å². The first-order valence-corrected chi connectivity index (χ1v) is 11.1. The Labute approximate surface area is 190 Å². The molecule has 4 nitrogen and oxygen atoms in total. The minimum Gasteiger partial charge on any atom is -0.374 e. The number of hydrogen-bond acceptors (Lipinski definition) is 4. The molecule has 0 amide bonds. The molecule has 32 heavy (non-hydrogen) atoms. The van der Waals surface area contributed by atoms with Crippen LogP contribution in [0.3, 0.4) is 0 Å². The van der Waals surface area contributed by atoms with E-state index in [4.69, 9.17) is 18.9 Å². The summed E-state index contributed by atoms with van der Waals surface area (Å²) < 4.78 is 24.6.